The Labute approximate surface area is 182 Å². The molecule has 2 heterocycles. The molecule has 1 aliphatic heterocycles. The van der Waals surface area contributed by atoms with E-state index in [9.17, 15) is 9.59 Å². The van der Waals surface area contributed by atoms with E-state index < -0.39 is 0 Å². The number of ether oxygens (including phenoxy) is 1. The molecular formula is C25H28N2O4. The lowest BCUT2D eigenvalue weighted by atomic mass is 10.1. The highest BCUT2D eigenvalue weighted by Crippen LogP contribution is 2.30. The molecule has 0 N–H and O–H groups in total. The lowest BCUT2D eigenvalue weighted by molar-refractivity contribution is -0.132. The van der Waals surface area contributed by atoms with Gasteiger partial charge in [-0.15, -0.1) is 0 Å². The summed E-state index contributed by atoms with van der Waals surface area (Å²) in [5.74, 6) is 1.40. The smallest absolute Gasteiger partial charge is 0.258 e. The first kappa shape index (κ1) is 21.0. The minimum Gasteiger partial charge on any atom is -0.497 e. The average Bonchev–Trinajstić information content (AvgIpc) is 3.14. The number of hydrogen-bond acceptors (Lipinski definition) is 4. The number of aryl methyl sites for hydroxylation is 2. The van der Waals surface area contributed by atoms with Crippen molar-refractivity contribution in [2.75, 3.05) is 33.3 Å². The van der Waals surface area contributed by atoms with Crippen LogP contribution in [0.5, 0.6) is 5.75 Å². The first-order valence-corrected chi connectivity index (χ1v) is 10.7. The lowest BCUT2D eigenvalue weighted by Crippen LogP contribution is -2.50. The Hall–Kier alpha value is -3.28. The molecule has 0 bridgehead atoms. The van der Waals surface area contributed by atoms with Crippen LogP contribution in [0.15, 0.2) is 52.9 Å². The first-order chi connectivity index (χ1) is 15.1. The topological polar surface area (TPSA) is 63.0 Å². The SMILES string of the molecule is COc1ccc2oc(C)c(C(=O)N3CCN(C(=O)CCCc4ccccc4)CC3)c2c1. The van der Waals surface area contributed by atoms with Gasteiger partial charge in [0.1, 0.15) is 17.1 Å². The Morgan fingerprint density at radius 3 is 2.42 bits per heavy atom. The normalized spacial score (nSPS) is 14.1. The molecule has 1 aliphatic rings. The van der Waals surface area contributed by atoms with Crippen LogP contribution < -0.4 is 4.74 Å². The van der Waals surface area contributed by atoms with E-state index in [1.165, 1.54) is 5.56 Å². The van der Waals surface area contributed by atoms with Gasteiger partial charge in [0.25, 0.3) is 5.91 Å². The fourth-order valence-electron chi connectivity index (χ4n) is 4.16. The maximum absolute atomic E-state index is 13.2. The Morgan fingerprint density at radius 2 is 1.71 bits per heavy atom. The molecule has 1 fully saturated rings. The summed E-state index contributed by atoms with van der Waals surface area (Å²) in [6.45, 7) is 3.99. The fourth-order valence-corrected chi connectivity index (χ4v) is 4.16. The minimum atomic E-state index is -0.0549. The van der Waals surface area contributed by atoms with Gasteiger partial charge in [-0.05, 0) is 43.5 Å². The van der Waals surface area contributed by atoms with Gasteiger partial charge in [0.05, 0.1) is 12.7 Å². The maximum Gasteiger partial charge on any atom is 0.258 e. The summed E-state index contributed by atoms with van der Waals surface area (Å²) >= 11 is 0. The molecule has 3 aromatic rings. The molecule has 0 radical (unpaired) electrons. The van der Waals surface area contributed by atoms with Crippen LogP contribution in [-0.4, -0.2) is 54.9 Å². The van der Waals surface area contributed by atoms with Crippen LogP contribution in [0.1, 0.15) is 34.5 Å². The summed E-state index contributed by atoms with van der Waals surface area (Å²) in [5, 5.41) is 0.765. The summed E-state index contributed by atoms with van der Waals surface area (Å²) in [5.41, 5.74) is 2.51. The zero-order chi connectivity index (χ0) is 21.8. The van der Waals surface area contributed by atoms with Crippen LogP contribution in [-0.2, 0) is 11.2 Å². The summed E-state index contributed by atoms with van der Waals surface area (Å²) in [6, 6.07) is 15.7. The van der Waals surface area contributed by atoms with Crippen LogP contribution in [0.4, 0.5) is 0 Å². The summed E-state index contributed by atoms with van der Waals surface area (Å²) < 4.78 is 11.1. The molecule has 0 aliphatic carbocycles. The first-order valence-electron chi connectivity index (χ1n) is 10.7. The van der Waals surface area contributed by atoms with E-state index in [2.05, 4.69) is 12.1 Å². The molecular weight excluding hydrogens is 392 g/mol. The van der Waals surface area contributed by atoms with Crippen molar-refractivity contribution in [3.8, 4) is 5.75 Å². The summed E-state index contributed by atoms with van der Waals surface area (Å²) in [4.78, 5) is 29.5. The molecule has 162 valence electrons. The van der Waals surface area contributed by atoms with Crippen LogP contribution >= 0.6 is 0 Å². The number of nitrogens with zero attached hydrogens (tertiary/aromatic N) is 2. The van der Waals surface area contributed by atoms with Gasteiger partial charge in [-0.2, -0.15) is 0 Å². The molecule has 1 saturated heterocycles. The highest BCUT2D eigenvalue weighted by Gasteiger charge is 2.28. The Morgan fingerprint density at radius 1 is 1.00 bits per heavy atom. The van der Waals surface area contributed by atoms with E-state index in [0.29, 0.717) is 55.3 Å². The van der Waals surface area contributed by atoms with E-state index in [1.807, 2.05) is 53.1 Å². The number of methoxy groups -OCH3 is 1. The second-order valence-corrected chi connectivity index (χ2v) is 7.91. The third kappa shape index (κ3) is 4.58. The quantitative estimate of drug-likeness (QED) is 0.603. The molecule has 6 heteroatoms. The van der Waals surface area contributed by atoms with Crippen molar-refractivity contribution in [2.45, 2.75) is 26.2 Å². The third-order valence-electron chi connectivity index (χ3n) is 5.90. The minimum absolute atomic E-state index is 0.0549. The number of hydrogen-bond donors (Lipinski definition) is 0. The van der Waals surface area contributed by atoms with Crippen molar-refractivity contribution >= 4 is 22.8 Å². The molecule has 2 aromatic carbocycles. The molecule has 0 unspecified atom stereocenters. The number of fused-ring (bicyclic) bond motifs is 1. The predicted molar refractivity (Wildman–Crippen MR) is 119 cm³/mol. The van der Waals surface area contributed by atoms with Gasteiger partial charge in [0.15, 0.2) is 0 Å². The van der Waals surface area contributed by atoms with Crippen molar-refractivity contribution in [1.29, 1.82) is 0 Å². The van der Waals surface area contributed by atoms with Crippen molar-refractivity contribution in [3.63, 3.8) is 0 Å². The Kier molecular flexibility index (Phi) is 6.26. The van der Waals surface area contributed by atoms with E-state index in [1.54, 1.807) is 7.11 Å². The van der Waals surface area contributed by atoms with Gasteiger partial charge in [0, 0.05) is 38.0 Å². The van der Waals surface area contributed by atoms with Gasteiger partial charge in [0.2, 0.25) is 5.91 Å². The monoisotopic (exact) mass is 420 g/mol. The molecule has 31 heavy (non-hydrogen) atoms. The molecule has 0 atom stereocenters. The highest BCUT2D eigenvalue weighted by atomic mass is 16.5. The van der Waals surface area contributed by atoms with Gasteiger partial charge in [-0.1, -0.05) is 30.3 Å². The van der Waals surface area contributed by atoms with Crippen LogP contribution in [0.2, 0.25) is 0 Å². The summed E-state index contributed by atoms with van der Waals surface area (Å²) in [7, 11) is 1.60. The van der Waals surface area contributed by atoms with Crippen molar-refractivity contribution < 1.29 is 18.7 Å². The Bertz CT molecular complexity index is 1070. The van der Waals surface area contributed by atoms with Crippen LogP contribution in [0, 0.1) is 6.92 Å². The number of carbonyl (C=O) groups excluding carboxylic acids is 2. The molecule has 0 saturated carbocycles. The number of benzene rings is 2. The number of carbonyl (C=O) groups is 2. The molecule has 6 nitrogen and oxygen atoms in total. The van der Waals surface area contributed by atoms with Crippen molar-refractivity contribution in [3.05, 3.63) is 65.4 Å². The maximum atomic E-state index is 13.2. The number of amides is 2. The van der Waals surface area contributed by atoms with Gasteiger partial charge >= 0.3 is 0 Å². The van der Waals surface area contributed by atoms with E-state index in [-0.39, 0.29) is 11.8 Å². The highest BCUT2D eigenvalue weighted by molar-refractivity contribution is 6.07. The fraction of sp³-hybridized carbons (Fsp3) is 0.360. The molecule has 0 spiro atoms. The number of furan rings is 1. The van der Waals surface area contributed by atoms with E-state index in [0.717, 1.165) is 18.2 Å². The average molecular weight is 421 g/mol. The third-order valence-corrected chi connectivity index (χ3v) is 5.90. The van der Waals surface area contributed by atoms with E-state index in [4.69, 9.17) is 9.15 Å². The van der Waals surface area contributed by atoms with Crippen molar-refractivity contribution in [1.82, 2.24) is 9.80 Å². The van der Waals surface area contributed by atoms with Gasteiger partial charge in [-0.3, -0.25) is 9.59 Å². The van der Waals surface area contributed by atoms with E-state index >= 15 is 0 Å². The number of piperazine rings is 1. The van der Waals surface area contributed by atoms with Gasteiger partial charge in [-0.25, -0.2) is 0 Å². The van der Waals surface area contributed by atoms with Crippen LogP contribution in [0.25, 0.3) is 11.0 Å². The molecule has 2 amide bonds. The largest absolute Gasteiger partial charge is 0.497 e. The molecule has 1 aromatic heterocycles. The number of rotatable bonds is 6. The second kappa shape index (κ2) is 9.25. The summed E-state index contributed by atoms with van der Waals surface area (Å²) in [6.07, 6.45) is 2.28. The Balaban J connectivity index is 1.34. The second-order valence-electron chi connectivity index (χ2n) is 7.91. The van der Waals surface area contributed by atoms with Gasteiger partial charge < -0.3 is 19.0 Å². The van der Waals surface area contributed by atoms with Crippen molar-refractivity contribution in [2.24, 2.45) is 0 Å². The zero-order valence-electron chi connectivity index (χ0n) is 18.1. The van der Waals surface area contributed by atoms with Crippen LogP contribution in [0.3, 0.4) is 0 Å². The molecule has 4 rings (SSSR count). The lowest BCUT2D eigenvalue weighted by Gasteiger charge is -2.35. The zero-order valence-corrected chi connectivity index (χ0v) is 18.1. The predicted octanol–water partition coefficient (Wildman–Crippen LogP) is 4.06. The standard InChI is InChI=1S/C25H28N2O4/c1-18-24(21-17-20(30-2)11-12-22(21)31-18)25(29)27-15-13-26(14-16-27)23(28)10-6-9-19-7-4-3-5-8-19/h3-5,7-8,11-12,17H,6,9-10,13-16H2,1-2H3.